The second-order valence-electron chi connectivity index (χ2n) is 4.72. The van der Waals surface area contributed by atoms with Crippen molar-refractivity contribution in [2.24, 2.45) is 0 Å². The smallest absolute Gasteiger partial charge is 0.105 e. The fourth-order valence-corrected chi connectivity index (χ4v) is 3.12. The lowest BCUT2D eigenvalue weighted by Gasteiger charge is -2.08. The van der Waals surface area contributed by atoms with Gasteiger partial charge in [-0.2, -0.15) is 5.26 Å². The van der Waals surface area contributed by atoms with E-state index in [1.54, 1.807) is 0 Å². The lowest BCUT2D eigenvalue weighted by Crippen LogP contribution is -1.90. The summed E-state index contributed by atoms with van der Waals surface area (Å²) in [5, 5.41) is 9.92. The van der Waals surface area contributed by atoms with Crippen LogP contribution in [0.1, 0.15) is 35.8 Å². The first-order chi connectivity index (χ1) is 8.54. The Morgan fingerprint density at radius 3 is 2.61 bits per heavy atom. The molecule has 1 heterocycles. The van der Waals surface area contributed by atoms with Crippen molar-refractivity contribution in [1.82, 2.24) is 0 Å². The quantitative estimate of drug-likeness (QED) is 0.870. The Morgan fingerprint density at radius 2 is 2.06 bits per heavy atom. The number of nitrogens with zero attached hydrogens (tertiary/aromatic N) is 1. The molecular weight excluding hydrogens is 240 g/mol. The summed E-state index contributed by atoms with van der Waals surface area (Å²) in [7, 11) is 0. The first-order valence-corrected chi connectivity index (χ1v) is 6.75. The molecule has 2 N–H and O–H groups in total. The van der Waals surface area contributed by atoms with Gasteiger partial charge in [-0.3, -0.25) is 0 Å². The minimum Gasteiger partial charge on any atom is -0.389 e. The highest BCUT2D eigenvalue weighted by Crippen LogP contribution is 2.42. The summed E-state index contributed by atoms with van der Waals surface area (Å²) in [6.45, 7) is 6.32. The van der Waals surface area contributed by atoms with Gasteiger partial charge >= 0.3 is 0 Å². The number of hydrogen-bond acceptors (Lipinski definition) is 3. The summed E-state index contributed by atoms with van der Waals surface area (Å²) in [5.41, 5.74) is 9.87. The molecule has 0 radical (unpaired) electrons. The van der Waals surface area contributed by atoms with Crippen LogP contribution in [-0.2, 0) is 0 Å². The molecule has 0 saturated carbocycles. The van der Waals surface area contributed by atoms with E-state index in [9.17, 15) is 5.26 Å². The number of rotatable bonds is 2. The number of benzene rings is 1. The average molecular weight is 256 g/mol. The minimum absolute atomic E-state index is 0.370. The number of thiophene rings is 1. The zero-order valence-corrected chi connectivity index (χ0v) is 11.6. The summed E-state index contributed by atoms with van der Waals surface area (Å²) < 4.78 is 0. The molecule has 2 rings (SSSR count). The maximum atomic E-state index is 9.30. The van der Waals surface area contributed by atoms with Crippen molar-refractivity contribution in [3.8, 4) is 17.2 Å². The van der Waals surface area contributed by atoms with E-state index in [-0.39, 0.29) is 0 Å². The third kappa shape index (κ3) is 2.12. The molecule has 18 heavy (non-hydrogen) atoms. The first kappa shape index (κ1) is 12.7. The minimum atomic E-state index is 0.370. The lowest BCUT2D eigenvalue weighted by atomic mass is 9.96. The molecule has 0 amide bonds. The Balaban J connectivity index is 2.73. The highest BCUT2D eigenvalue weighted by Gasteiger charge is 2.19. The van der Waals surface area contributed by atoms with Crippen LogP contribution >= 0.6 is 11.3 Å². The van der Waals surface area contributed by atoms with Crippen LogP contribution in [0.4, 0.5) is 5.00 Å². The maximum Gasteiger partial charge on any atom is 0.105 e. The van der Waals surface area contributed by atoms with Crippen LogP contribution in [-0.4, -0.2) is 0 Å². The van der Waals surface area contributed by atoms with Crippen LogP contribution in [0.3, 0.4) is 0 Å². The van der Waals surface area contributed by atoms with Gasteiger partial charge in [-0.1, -0.05) is 43.7 Å². The second kappa shape index (κ2) is 4.83. The maximum absolute atomic E-state index is 9.30. The van der Waals surface area contributed by atoms with Gasteiger partial charge in [0.25, 0.3) is 0 Å². The summed E-state index contributed by atoms with van der Waals surface area (Å²) >= 11 is 1.53. The monoisotopic (exact) mass is 256 g/mol. The number of nitrogens with two attached hydrogens (primary N) is 1. The first-order valence-electron chi connectivity index (χ1n) is 5.94. The number of aryl methyl sites for hydroxylation is 1. The van der Waals surface area contributed by atoms with Crippen molar-refractivity contribution in [2.45, 2.75) is 26.7 Å². The Kier molecular flexibility index (Phi) is 3.40. The van der Waals surface area contributed by atoms with Crippen molar-refractivity contribution in [1.29, 1.82) is 5.26 Å². The Labute approximate surface area is 112 Å². The van der Waals surface area contributed by atoms with Gasteiger partial charge in [-0.25, -0.2) is 0 Å². The molecule has 0 bridgehead atoms. The van der Waals surface area contributed by atoms with Crippen LogP contribution < -0.4 is 5.73 Å². The molecule has 0 unspecified atom stereocenters. The van der Waals surface area contributed by atoms with Crippen LogP contribution in [0.25, 0.3) is 11.1 Å². The van der Waals surface area contributed by atoms with Gasteiger partial charge in [0.05, 0.1) is 5.56 Å². The van der Waals surface area contributed by atoms with Crippen LogP contribution in [0.15, 0.2) is 24.3 Å². The van der Waals surface area contributed by atoms with Crippen molar-refractivity contribution < 1.29 is 0 Å². The topological polar surface area (TPSA) is 49.8 Å². The highest BCUT2D eigenvalue weighted by molar-refractivity contribution is 7.16. The van der Waals surface area contributed by atoms with Gasteiger partial charge in [0.15, 0.2) is 0 Å². The van der Waals surface area contributed by atoms with Gasteiger partial charge in [-0.05, 0) is 18.4 Å². The van der Waals surface area contributed by atoms with Crippen molar-refractivity contribution >= 4 is 16.3 Å². The second-order valence-corrected chi connectivity index (χ2v) is 5.80. The average Bonchev–Trinajstić information content (AvgIpc) is 2.66. The number of nitrogen functional groups attached to an aromatic ring is 1. The zero-order valence-electron chi connectivity index (χ0n) is 10.8. The molecule has 2 nitrogen and oxygen atoms in total. The summed E-state index contributed by atoms with van der Waals surface area (Å²) in [6, 6.07) is 10.5. The predicted molar refractivity (Wildman–Crippen MR) is 77.7 cm³/mol. The number of anilines is 1. The van der Waals surface area contributed by atoms with Crippen molar-refractivity contribution in [2.75, 3.05) is 5.73 Å². The van der Waals surface area contributed by atoms with E-state index in [1.165, 1.54) is 21.8 Å². The molecule has 0 saturated heterocycles. The molecule has 0 aliphatic rings. The van der Waals surface area contributed by atoms with Gasteiger partial charge in [0.1, 0.15) is 11.1 Å². The molecule has 3 heteroatoms. The van der Waals surface area contributed by atoms with E-state index in [2.05, 4.69) is 39.0 Å². The normalized spacial score (nSPS) is 10.6. The molecule has 92 valence electrons. The fraction of sp³-hybridized carbons (Fsp3) is 0.267. The van der Waals surface area contributed by atoms with E-state index in [1.807, 2.05) is 12.1 Å². The van der Waals surface area contributed by atoms with E-state index in [4.69, 9.17) is 5.73 Å². The molecule has 0 atom stereocenters. The molecule has 0 aliphatic carbocycles. The highest BCUT2D eigenvalue weighted by atomic mass is 32.1. The standard InChI is InChI=1S/C15H16N2S/c1-9(2)14-13(12(8-16)15(17)18-14)11-6-4-5-10(3)7-11/h4-7,9H,17H2,1-3H3. The Hall–Kier alpha value is -1.79. The van der Waals surface area contributed by atoms with Crippen LogP contribution in [0, 0.1) is 18.3 Å². The molecule has 0 spiro atoms. The Morgan fingerprint density at radius 1 is 1.33 bits per heavy atom. The van der Waals surface area contributed by atoms with Crippen LogP contribution in [0.5, 0.6) is 0 Å². The summed E-state index contributed by atoms with van der Waals surface area (Å²) in [5.74, 6) is 0.370. The van der Waals surface area contributed by atoms with E-state index >= 15 is 0 Å². The molecule has 1 aromatic carbocycles. The Bertz CT molecular complexity index is 618. The summed E-state index contributed by atoms with van der Waals surface area (Å²) in [6.07, 6.45) is 0. The third-order valence-corrected chi connectivity index (χ3v) is 4.23. The molecule has 0 fully saturated rings. The van der Waals surface area contributed by atoms with Gasteiger partial charge < -0.3 is 5.73 Å². The summed E-state index contributed by atoms with van der Waals surface area (Å²) in [4.78, 5) is 1.19. The number of nitriles is 1. The number of hydrogen-bond donors (Lipinski definition) is 1. The van der Waals surface area contributed by atoms with E-state index in [0.717, 1.165) is 11.1 Å². The SMILES string of the molecule is Cc1cccc(-c2c(C(C)C)sc(N)c2C#N)c1. The lowest BCUT2D eigenvalue weighted by molar-refractivity contribution is 0.891. The van der Waals surface area contributed by atoms with Crippen molar-refractivity contribution in [3.63, 3.8) is 0 Å². The molecular formula is C15H16N2S. The largest absolute Gasteiger partial charge is 0.389 e. The molecule has 0 aliphatic heterocycles. The molecule has 1 aromatic heterocycles. The fourth-order valence-electron chi connectivity index (χ4n) is 2.07. The molecule has 2 aromatic rings. The van der Waals surface area contributed by atoms with E-state index in [0.29, 0.717) is 16.5 Å². The van der Waals surface area contributed by atoms with Gasteiger partial charge in [0, 0.05) is 10.4 Å². The zero-order chi connectivity index (χ0) is 13.3. The van der Waals surface area contributed by atoms with Gasteiger partial charge in [-0.15, -0.1) is 11.3 Å². The van der Waals surface area contributed by atoms with Gasteiger partial charge in [0.2, 0.25) is 0 Å². The van der Waals surface area contributed by atoms with E-state index < -0.39 is 0 Å². The predicted octanol–water partition coefficient (Wildman–Crippen LogP) is 4.30. The van der Waals surface area contributed by atoms with Crippen LogP contribution in [0.2, 0.25) is 0 Å². The third-order valence-electron chi connectivity index (χ3n) is 2.91. The van der Waals surface area contributed by atoms with Crippen molar-refractivity contribution in [3.05, 3.63) is 40.3 Å².